The molecule has 0 saturated carbocycles. The Kier molecular flexibility index (Phi) is 5.34. The summed E-state index contributed by atoms with van der Waals surface area (Å²) < 4.78 is 5.28. The summed E-state index contributed by atoms with van der Waals surface area (Å²) in [5.41, 5.74) is 2.61. The second-order valence-electron chi connectivity index (χ2n) is 5.56. The standard InChI is InChI=1S/C19H17ClN4O2/c1-12-4-3-5-14(10-12)22-18(25)15-8-9-21-19(23-15)24-16-11-13(20)6-7-17(16)26-2/h3-11H,1-2H3,(H,22,25)(H,21,23,24). The van der Waals surface area contributed by atoms with Crippen molar-refractivity contribution in [3.05, 3.63) is 71.0 Å². The van der Waals surface area contributed by atoms with Gasteiger partial charge in [-0.2, -0.15) is 0 Å². The molecule has 0 atom stereocenters. The Bertz CT molecular complexity index is 946. The fourth-order valence-electron chi connectivity index (χ4n) is 2.36. The van der Waals surface area contributed by atoms with Gasteiger partial charge < -0.3 is 15.4 Å². The summed E-state index contributed by atoms with van der Waals surface area (Å²) in [5.74, 6) is 0.536. The number of benzene rings is 2. The lowest BCUT2D eigenvalue weighted by atomic mass is 10.2. The van der Waals surface area contributed by atoms with Crippen molar-refractivity contribution >= 4 is 34.8 Å². The van der Waals surface area contributed by atoms with Crippen LogP contribution >= 0.6 is 11.6 Å². The Balaban J connectivity index is 1.80. The van der Waals surface area contributed by atoms with Crippen LogP contribution < -0.4 is 15.4 Å². The fourth-order valence-corrected chi connectivity index (χ4v) is 2.53. The summed E-state index contributed by atoms with van der Waals surface area (Å²) in [6.45, 7) is 1.96. The highest BCUT2D eigenvalue weighted by molar-refractivity contribution is 6.31. The van der Waals surface area contributed by atoms with E-state index in [2.05, 4.69) is 20.6 Å². The molecule has 7 heteroatoms. The number of carbonyl (C=O) groups excluding carboxylic acids is 1. The van der Waals surface area contributed by atoms with Gasteiger partial charge in [0.2, 0.25) is 5.95 Å². The van der Waals surface area contributed by atoms with Crippen molar-refractivity contribution in [2.24, 2.45) is 0 Å². The molecular weight excluding hydrogens is 352 g/mol. The number of carbonyl (C=O) groups is 1. The Morgan fingerprint density at radius 1 is 1.15 bits per heavy atom. The Hall–Kier alpha value is -3.12. The summed E-state index contributed by atoms with van der Waals surface area (Å²) in [6.07, 6.45) is 1.51. The molecule has 0 bridgehead atoms. The van der Waals surface area contributed by atoms with Crippen LogP contribution in [0.25, 0.3) is 0 Å². The quantitative estimate of drug-likeness (QED) is 0.696. The molecule has 1 heterocycles. The predicted molar refractivity (Wildman–Crippen MR) is 102 cm³/mol. The summed E-state index contributed by atoms with van der Waals surface area (Å²) in [4.78, 5) is 20.8. The third-order valence-corrected chi connectivity index (χ3v) is 3.81. The highest BCUT2D eigenvalue weighted by Crippen LogP contribution is 2.29. The zero-order valence-electron chi connectivity index (χ0n) is 14.3. The Morgan fingerprint density at radius 2 is 2.00 bits per heavy atom. The number of hydrogen-bond donors (Lipinski definition) is 2. The lowest BCUT2D eigenvalue weighted by Crippen LogP contribution is -2.14. The second kappa shape index (κ2) is 7.84. The van der Waals surface area contributed by atoms with Gasteiger partial charge in [0.25, 0.3) is 5.91 Å². The summed E-state index contributed by atoms with van der Waals surface area (Å²) >= 11 is 6.02. The van der Waals surface area contributed by atoms with Crippen molar-refractivity contribution < 1.29 is 9.53 Å². The van der Waals surface area contributed by atoms with E-state index in [1.807, 2.05) is 31.2 Å². The first-order valence-corrected chi connectivity index (χ1v) is 8.24. The first kappa shape index (κ1) is 17.7. The number of methoxy groups -OCH3 is 1. The van der Waals surface area contributed by atoms with Gasteiger partial charge in [-0.1, -0.05) is 23.7 Å². The molecule has 1 amide bonds. The molecule has 26 heavy (non-hydrogen) atoms. The Morgan fingerprint density at radius 3 is 2.77 bits per heavy atom. The van der Waals surface area contributed by atoms with E-state index in [0.717, 1.165) is 5.56 Å². The summed E-state index contributed by atoms with van der Waals surface area (Å²) in [7, 11) is 1.56. The SMILES string of the molecule is COc1ccc(Cl)cc1Nc1nccc(C(=O)Nc2cccc(C)c2)n1. The van der Waals surface area contributed by atoms with Gasteiger partial charge in [0.15, 0.2) is 0 Å². The van der Waals surface area contributed by atoms with E-state index in [-0.39, 0.29) is 17.5 Å². The average molecular weight is 369 g/mol. The predicted octanol–water partition coefficient (Wildman–Crippen LogP) is 4.44. The number of nitrogens with zero attached hydrogens (tertiary/aromatic N) is 2. The number of anilines is 3. The van der Waals surface area contributed by atoms with Crippen molar-refractivity contribution in [1.82, 2.24) is 9.97 Å². The molecule has 0 unspecified atom stereocenters. The van der Waals surface area contributed by atoms with Crippen LogP contribution in [0.15, 0.2) is 54.7 Å². The zero-order valence-corrected chi connectivity index (χ0v) is 15.0. The minimum atomic E-state index is -0.320. The van der Waals surface area contributed by atoms with Crippen LogP contribution in [0.3, 0.4) is 0 Å². The van der Waals surface area contributed by atoms with Crippen LogP contribution in [0.4, 0.5) is 17.3 Å². The normalized spacial score (nSPS) is 10.3. The summed E-state index contributed by atoms with van der Waals surface area (Å²) in [6, 6.07) is 14.2. The molecular formula is C19H17ClN4O2. The first-order valence-electron chi connectivity index (χ1n) is 7.87. The molecule has 1 aromatic heterocycles. The topological polar surface area (TPSA) is 76.1 Å². The molecule has 0 radical (unpaired) electrons. The van der Waals surface area contributed by atoms with E-state index < -0.39 is 0 Å². The molecule has 0 saturated heterocycles. The van der Waals surface area contributed by atoms with Gasteiger partial charge in [-0.25, -0.2) is 9.97 Å². The molecule has 6 nitrogen and oxygen atoms in total. The lowest BCUT2D eigenvalue weighted by molar-refractivity contribution is 0.102. The van der Waals surface area contributed by atoms with Crippen LogP contribution in [-0.4, -0.2) is 23.0 Å². The number of nitrogens with one attached hydrogen (secondary N) is 2. The molecule has 0 aliphatic carbocycles. The maximum atomic E-state index is 12.4. The second-order valence-corrected chi connectivity index (χ2v) is 6.00. The lowest BCUT2D eigenvalue weighted by Gasteiger charge is -2.11. The number of amides is 1. The summed E-state index contributed by atoms with van der Waals surface area (Å²) in [5, 5.41) is 6.38. The monoisotopic (exact) mass is 368 g/mol. The molecule has 132 valence electrons. The third kappa shape index (κ3) is 4.29. The van der Waals surface area contributed by atoms with Gasteiger partial charge in [-0.3, -0.25) is 4.79 Å². The van der Waals surface area contributed by atoms with Crippen molar-refractivity contribution in [3.63, 3.8) is 0 Å². The van der Waals surface area contributed by atoms with E-state index in [1.165, 1.54) is 6.20 Å². The van der Waals surface area contributed by atoms with E-state index in [1.54, 1.807) is 31.4 Å². The number of aryl methyl sites for hydroxylation is 1. The maximum absolute atomic E-state index is 12.4. The molecule has 3 aromatic rings. The van der Waals surface area contributed by atoms with Crippen LogP contribution in [0.2, 0.25) is 5.02 Å². The molecule has 0 fully saturated rings. The molecule has 2 aromatic carbocycles. The minimum absolute atomic E-state index is 0.241. The maximum Gasteiger partial charge on any atom is 0.274 e. The molecule has 0 spiro atoms. The van der Waals surface area contributed by atoms with E-state index >= 15 is 0 Å². The van der Waals surface area contributed by atoms with E-state index in [0.29, 0.717) is 22.1 Å². The van der Waals surface area contributed by atoms with Crippen LogP contribution in [0.5, 0.6) is 5.75 Å². The molecule has 2 N–H and O–H groups in total. The van der Waals surface area contributed by atoms with Crippen LogP contribution in [0.1, 0.15) is 16.1 Å². The molecule has 0 aliphatic rings. The Labute approximate surface area is 156 Å². The van der Waals surface area contributed by atoms with Crippen molar-refractivity contribution in [2.75, 3.05) is 17.7 Å². The zero-order chi connectivity index (χ0) is 18.5. The smallest absolute Gasteiger partial charge is 0.274 e. The number of ether oxygens (including phenoxy) is 1. The first-order chi connectivity index (χ1) is 12.5. The van der Waals surface area contributed by atoms with Gasteiger partial charge >= 0.3 is 0 Å². The van der Waals surface area contributed by atoms with E-state index in [9.17, 15) is 4.79 Å². The average Bonchev–Trinajstić information content (AvgIpc) is 2.62. The molecule has 3 rings (SSSR count). The number of hydrogen-bond acceptors (Lipinski definition) is 5. The van der Waals surface area contributed by atoms with Gasteiger partial charge in [0.05, 0.1) is 12.8 Å². The highest BCUT2D eigenvalue weighted by Gasteiger charge is 2.11. The van der Waals surface area contributed by atoms with Crippen molar-refractivity contribution in [3.8, 4) is 5.75 Å². The van der Waals surface area contributed by atoms with E-state index in [4.69, 9.17) is 16.3 Å². The number of rotatable bonds is 5. The van der Waals surface area contributed by atoms with Gasteiger partial charge in [-0.15, -0.1) is 0 Å². The fraction of sp³-hybridized carbons (Fsp3) is 0.105. The van der Waals surface area contributed by atoms with Crippen molar-refractivity contribution in [1.29, 1.82) is 0 Å². The van der Waals surface area contributed by atoms with Gasteiger partial charge in [0.1, 0.15) is 11.4 Å². The van der Waals surface area contributed by atoms with Crippen LogP contribution in [0, 0.1) is 6.92 Å². The van der Waals surface area contributed by atoms with Gasteiger partial charge in [-0.05, 0) is 48.9 Å². The van der Waals surface area contributed by atoms with Crippen molar-refractivity contribution in [2.45, 2.75) is 6.92 Å². The molecule has 0 aliphatic heterocycles. The van der Waals surface area contributed by atoms with Gasteiger partial charge in [0, 0.05) is 16.9 Å². The third-order valence-electron chi connectivity index (χ3n) is 3.57. The highest BCUT2D eigenvalue weighted by atomic mass is 35.5. The van der Waals surface area contributed by atoms with Crippen LogP contribution in [-0.2, 0) is 0 Å². The number of halogens is 1. The largest absolute Gasteiger partial charge is 0.495 e. The minimum Gasteiger partial charge on any atom is -0.495 e. The number of aromatic nitrogens is 2.